The van der Waals surface area contributed by atoms with E-state index in [2.05, 4.69) is 4.98 Å². The molecular formula is C13H7ClF3NO3. The smallest absolute Gasteiger partial charge is 0.450 e. The number of halogens is 4. The number of alkyl halides is 3. The Balaban J connectivity index is 2.21. The highest BCUT2D eigenvalue weighted by molar-refractivity contribution is 6.33. The fraction of sp³-hybridized carbons (Fsp3) is 0.154. The molecule has 0 aliphatic carbocycles. The van der Waals surface area contributed by atoms with Gasteiger partial charge in [-0.25, -0.2) is 4.98 Å². The van der Waals surface area contributed by atoms with Crippen LogP contribution in [0.15, 0.2) is 35.3 Å². The van der Waals surface area contributed by atoms with Crippen molar-refractivity contribution < 1.29 is 27.2 Å². The predicted molar refractivity (Wildman–Crippen MR) is 67.0 cm³/mol. The van der Waals surface area contributed by atoms with Crippen LogP contribution in [-0.4, -0.2) is 22.7 Å². The van der Waals surface area contributed by atoms with E-state index < -0.39 is 24.2 Å². The van der Waals surface area contributed by atoms with Crippen LogP contribution in [0, 0.1) is 0 Å². The number of Topliss-reactive ketones (excluding diaryl/α,β-unsaturated/α-hetero) is 2. The second-order valence-electron chi connectivity index (χ2n) is 4.09. The van der Waals surface area contributed by atoms with Gasteiger partial charge < -0.3 is 4.42 Å². The lowest BCUT2D eigenvalue weighted by atomic mass is 10.0. The summed E-state index contributed by atoms with van der Waals surface area (Å²) in [5.74, 6) is -3.05. The van der Waals surface area contributed by atoms with Crippen LogP contribution in [0.5, 0.6) is 0 Å². The number of oxazole rings is 1. The summed E-state index contributed by atoms with van der Waals surface area (Å²) >= 11 is 5.95. The van der Waals surface area contributed by atoms with Gasteiger partial charge in [0.15, 0.2) is 12.2 Å². The fourth-order valence-electron chi connectivity index (χ4n) is 1.59. The molecular weight excluding hydrogens is 311 g/mol. The molecule has 0 atom stereocenters. The summed E-state index contributed by atoms with van der Waals surface area (Å²) < 4.78 is 41.1. The summed E-state index contributed by atoms with van der Waals surface area (Å²) in [5, 5.41) is 0.120. The number of aromatic nitrogens is 1. The Morgan fingerprint density at radius 3 is 2.52 bits per heavy atom. The number of carbonyl (C=O) groups excluding carboxylic acids is 2. The van der Waals surface area contributed by atoms with Gasteiger partial charge in [0.1, 0.15) is 12.0 Å². The zero-order valence-corrected chi connectivity index (χ0v) is 11.0. The molecule has 0 N–H and O–H groups in total. The van der Waals surface area contributed by atoms with Gasteiger partial charge in [0.2, 0.25) is 5.78 Å². The van der Waals surface area contributed by atoms with E-state index in [9.17, 15) is 22.8 Å². The molecule has 2 rings (SSSR count). The zero-order chi connectivity index (χ0) is 15.6. The van der Waals surface area contributed by atoms with Crippen molar-refractivity contribution in [2.45, 2.75) is 12.6 Å². The number of nitrogens with zero attached hydrogens (tertiary/aromatic N) is 1. The molecule has 8 heteroatoms. The van der Waals surface area contributed by atoms with Crippen LogP contribution in [0.1, 0.15) is 16.8 Å². The number of ketones is 2. The molecule has 1 aromatic carbocycles. The summed E-state index contributed by atoms with van der Waals surface area (Å²) in [7, 11) is 0. The van der Waals surface area contributed by atoms with Crippen LogP contribution in [0.2, 0.25) is 5.02 Å². The highest BCUT2D eigenvalue weighted by Gasteiger charge is 2.39. The molecule has 0 aliphatic heterocycles. The number of rotatable bonds is 4. The molecule has 0 saturated carbocycles. The van der Waals surface area contributed by atoms with E-state index >= 15 is 0 Å². The first-order chi connectivity index (χ1) is 9.79. The minimum Gasteiger partial charge on any atom is -0.451 e. The van der Waals surface area contributed by atoms with Crippen molar-refractivity contribution in [2.24, 2.45) is 0 Å². The van der Waals surface area contributed by atoms with Gasteiger partial charge in [-0.2, -0.15) is 13.2 Å². The van der Waals surface area contributed by atoms with Gasteiger partial charge in [0.05, 0.1) is 11.4 Å². The summed E-state index contributed by atoms with van der Waals surface area (Å²) in [6.07, 6.45) is -3.76. The lowest BCUT2D eigenvalue weighted by Crippen LogP contribution is -2.25. The van der Waals surface area contributed by atoms with Crippen molar-refractivity contribution in [3.63, 3.8) is 0 Å². The third-order valence-electron chi connectivity index (χ3n) is 2.64. The van der Waals surface area contributed by atoms with E-state index in [1.165, 1.54) is 30.9 Å². The second-order valence-corrected chi connectivity index (χ2v) is 4.50. The SMILES string of the molecule is O=C(CC(=O)C(F)(F)F)c1ccc(-c2cocn2)c(Cl)c1. The molecule has 1 aromatic heterocycles. The first kappa shape index (κ1) is 15.2. The van der Waals surface area contributed by atoms with E-state index in [0.29, 0.717) is 11.3 Å². The highest BCUT2D eigenvalue weighted by atomic mass is 35.5. The van der Waals surface area contributed by atoms with Crippen molar-refractivity contribution in [3.05, 3.63) is 41.4 Å². The lowest BCUT2D eigenvalue weighted by Gasteiger charge is -2.06. The third-order valence-corrected chi connectivity index (χ3v) is 2.95. The molecule has 0 saturated heterocycles. The van der Waals surface area contributed by atoms with E-state index in [4.69, 9.17) is 16.0 Å². The topological polar surface area (TPSA) is 60.2 Å². The van der Waals surface area contributed by atoms with Gasteiger partial charge in [-0.15, -0.1) is 0 Å². The monoisotopic (exact) mass is 317 g/mol. The maximum absolute atomic E-state index is 12.1. The number of carbonyl (C=O) groups is 2. The summed E-state index contributed by atoms with van der Waals surface area (Å²) in [5.41, 5.74) is 0.805. The van der Waals surface area contributed by atoms with E-state index in [1.54, 1.807) is 0 Å². The first-order valence-electron chi connectivity index (χ1n) is 5.60. The zero-order valence-electron chi connectivity index (χ0n) is 10.3. The molecule has 0 radical (unpaired) electrons. The molecule has 0 fully saturated rings. The molecule has 4 nitrogen and oxygen atoms in total. The average Bonchev–Trinajstić information content (AvgIpc) is 2.91. The second kappa shape index (κ2) is 5.69. The standard InChI is InChI=1S/C13H7ClF3NO3/c14-9-3-7(11(19)4-12(20)13(15,16)17)1-2-8(9)10-5-21-6-18-10/h1-3,5-6H,4H2. The minimum absolute atomic E-state index is 0.0788. The van der Waals surface area contributed by atoms with E-state index in [-0.39, 0.29) is 10.6 Å². The van der Waals surface area contributed by atoms with E-state index in [1.807, 2.05) is 0 Å². The van der Waals surface area contributed by atoms with Crippen LogP contribution in [0.3, 0.4) is 0 Å². The van der Waals surface area contributed by atoms with Crippen molar-refractivity contribution >= 4 is 23.2 Å². The van der Waals surface area contributed by atoms with Gasteiger partial charge >= 0.3 is 6.18 Å². The normalized spacial score (nSPS) is 11.4. The van der Waals surface area contributed by atoms with Crippen LogP contribution < -0.4 is 0 Å². The average molecular weight is 318 g/mol. The summed E-state index contributed by atoms with van der Waals surface area (Å²) in [4.78, 5) is 26.3. The number of hydrogen-bond donors (Lipinski definition) is 0. The van der Waals surface area contributed by atoms with Crippen molar-refractivity contribution in [2.75, 3.05) is 0 Å². The molecule has 21 heavy (non-hydrogen) atoms. The predicted octanol–water partition coefficient (Wildman–Crippen LogP) is 3.70. The van der Waals surface area contributed by atoms with Gasteiger partial charge in [-0.05, 0) is 6.07 Å². The molecule has 2 aromatic rings. The van der Waals surface area contributed by atoms with E-state index in [0.717, 1.165) is 0 Å². The van der Waals surface area contributed by atoms with Crippen LogP contribution in [0.4, 0.5) is 13.2 Å². The largest absolute Gasteiger partial charge is 0.451 e. The lowest BCUT2D eigenvalue weighted by molar-refractivity contribution is -0.170. The molecule has 0 spiro atoms. The van der Waals surface area contributed by atoms with Gasteiger partial charge in [0.25, 0.3) is 0 Å². The molecule has 0 amide bonds. The van der Waals surface area contributed by atoms with Crippen molar-refractivity contribution in [1.82, 2.24) is 4.98 Å². The van der Waals surface area contributed by atoms with Gasteiger partial charge in [0, 0.05) is 11.1 Å². The summed E-state index contributed by atoms with van der Waals surface area (Å²) in [6, 6.07) is 3.89. The third kappa shape index (κ3) is 3.49. The Labute approximate surface area is 121 Å². The Bertz CT molecular complexity index is 680. The van der Waals surface area contributed by atoms with Crippen molar-refractivity contribution in [1.29, 1.82) is 0 Å². The highest BCUT2D eigenvalue weighted by Crippen LogP contribution is 2.28. The number of benzene rings is 1. The Morgan fingerprint density at radius 2 is 2.00 bits per heavy atom. The maximum atomic E-state index is 12.1. The minimum atomic E-state index is -5.03. The van der Waals surface area contributed by atoms with Gasteiger partial charge in [-0.1, -0.05) is 23.7 Å². The van der Waals surface area contributed by atoms with Gasteiger partial charge in [-0.3, -0.25) is 9.59 Å². The molecule has 0 aliphatic rings. The molecule has 110 valence electrons. The van der Waals surface area contributed by atoms with Crippen LogP contribution >= 0.6 is 11.6 Å². The Morgan fingerprint density at radius 1 is 1.29 bits per heavy atom. The number of hydrogen-bond acceptors (Lipinski definition) is 4. The Kier molecular flexibility index (Phi) is 4.13. The molecule has 0 bridgehead atoms. The quantitative estimate of drug-likeness (QED) is 0.637. The molecule has 0 unspecified atom stereocenters. The summed E-state index contributed by atoms with van der Waals surface area (Å²) in [6.45, 7) is 0. The Hall–Kier alpha value is -2.15. The van der Waals surface area contributed by atoms with Crippen LogP contribution in [0.25, 0.3) is 11.3 Å². The van der Waals surface area contributed by atoms with Crippen molar-refractivity contribution in [3.8, 4) is 11.3 Å². The molecule has 1 heterocycles. The first-order valence-corrected chi connectivity index (χ1v) is 5.98. The van der Waals surface area contributed by atoms with Crippen LogP contribution in [-0.2, 0) is 4.79 Å². The fourth-order valence-corrected chi connectivity index (χ4v) is 1.87. The maximum Gasteiger partial charge on any atom is 0.450 e.